The number of nitrogens with zero attached hydrogens (tertiary/aromatic N) is 1. The molecular weight excluding hydrogens is 351 g/mol. The molecule has 0 amide bonds. The molecular formula is C16H16BrFN2S. The second-order valence-corrected chi connectivity index (χ2v) is 7.20. The van der Waals surface area contributed by atoms with Crippen molar-refractivity contribution >= 4 is 28.1 Å². The minimum atomic E-state index is -0.356. The predicted octanol–water partition coefficient (Wildman–Crippen LogP) is 5.24. The summed E-state index contributed by atoms with van der Waals surface area (Å²) < 4.78 is 14.6. The molecule has 1 N–H and O–H groups in total. The lowest BCUT2D eigenvalue weighted by molar-refractivity contribution is 0.577. The molecule has 21 heavy (non-hydrogen) atoms. The van der Waals surface area contributed by atoms with E-state index in [-0.39, 0.29) is 11.2 Å². The van der Waals surface area contributed by atoms with Crippen LogP contribution in [0.1, 0.15) is 49.7 Å². The molecule has 1 fully saturated rings. The van der Waals surface area contributed by atoms with Crippen LogP contribution in [-0.2, 0) is 5.41 Å². The third kappa shape index (κ3) is 2.81. The fraction of sp³-hybridized carbons (Fsp3) is 0.375. The largest absolute Gasteiger partial charge is 0.345 e. The summed E-state index contributed by atoms with van der Waals surface area (Å²) in [5.41, 5.74) is 1.79. The van der Waals surface area contributed by atoms with Gasteiger partial charge in [-0.25, -0.2) is 9.37 Å². The van der Waals surface area contributed by atoms with E-state index in [0.717, 1.165) is 21.6 Å². The summed E-state index contributed by atoms with van der Waals surface area (Å²) in [6.45, 7) is 4.14. The van der Waals surface area contributed by atoms with E-state index in [1.807, 2.05) is 0 Å². The summed E-state index contributed by atoms with van der Waals surface area (Å²) in [5, 5.41) is 0. The highest BCUT2D eigenvalue weighted by molar-refractivity contribution is 9.10. The lowest BCUT2D eigenvalue weighted by atomic mass is 9.83. The minimum absolute atomic E-state index is 0.232. The first-order valence-electron chi connectivity index (χ1n) is 6.96. The van der Waals surface area contributed by atoms with Crippen LogP contribution in [0, 0.1) is 10.5 Å². The zero-order chi connectivity index (χ0) is 15.2. The molecule has 0 atom stereocenters. The van der Waals surface area contributed by atoms with Crippen molar-refractivity contribution in [1.29, 1.82) is 0 Å². The number of nitrogens with one attached hydrogen (secondary N) is 1. The third-order valence-electron chi connectivity index (χ3n) is 4.03. The zero-order valence-corrected chi connectivity index (χ0v) is 14.3. The highest BCUT2D eigenvalue weighted by atomic mass is 79.9. The van der Waals surface area contributed by atoms with Crippen molar-refractivity contribution in [2.45, 2.75) is 38.0 Å². The molecule has 0 saturated heterocycles. The predicted molar refractivity (Wildman–Crippen MR) is 87.6 cm³/mol. The van der Waals surface area contributed by atoms with E-state index in [9.17, 15) is 4.39 Å². The van der Waals surface area contributed by atoms with E-state index in [1.165, 1.54) is 25.0 Å². The van der Waals surface area contributed by atoms with Crippen molar-refractivity contribution < 1.29 is 4.39 Å². The number of hydrogen-bond donors (Lipinski definition) is 1. The maximum atomic E-state index is 13.1. The molecule has 0 bridgehead atoms. The standard InChI is InChI=1S/C16H16BrFN2S/c1-16(2,10-5-7-11(18)8-6-10)15-19-13(9-3-4-9)12(17)14(21)20-15/h5-9H,3-4H2,1-2H3,(H,19,20,21). The van der Waals surface area contributed by atoms with Crippen LogP contribution in [0.25, 0.3) is 0 Å². The van der Waals surface area contributed by atoms with Gasteiger partial charge in [-0.1, -0.05) is 24.4 Å². The molecule has 1 saturated carbocycles. The molecule has 1 aliphatic carbocycles. The fourth-order valence-electron chi connectivity index (χ4n) is 2.43. The average molecular weight is 367 g/mol. The maximum Gasteiger partial charge on any atom is 0.144 e. The van der Waals surface area contributed by atoms with E-state index in [1.54, 1.807) is 12.1 Å². The van der Waals surface area contributed by atoms with Gasteiger partial charge in [0, 0.05) is 17.0 Å². The van der Waals surface area contributed by atoms with Crippen molar-refractivity contribution in [1.82, 2.24) is 9.97 Å². The maximum absolute atomic E-state index is 13.1. The Labute approximate surface area is 137 Å². The van der Waals surface area contributed by atoms with Gasteiger partial charge in [-0.3, -0.25) is 0 Å². The summed E-state index contributed by atoms with van der Waals surface area (Å²) >= 11 is 8.92. The number of benzene rings is 1. The molecule has 1 aromatic heterocycles. The summed E-state index contributed by atoms with van der Waals surface area (Å²) in [6.07, 6.45) is 2.37. The van der Waals surface area contributed by atoms with Crippen molar-refractivity contribution in [3.05, 3.63) is 56.3 Å². The minimum Gasteiger partial charge on any atom is -0.345 e. The quantitative estimate of drug-likeness (QED) is 0.752. The van der Waals surface area contributed by atoms with E-state index in [4.69, 9.17) is 12.2 Å². The number of H-pyrrole nitrogens is 1. The van der Waals surface area contributed by atoms with E-state index in [0.29, 0.717) is 10.6 Å². The van der Waals surface area contributed by atoms with Crippen LogP contribution in [-0.4, -0.2) is 9.97 Å². The van der Waals surface area contributed by atoms with Crippen LogP contribution in [0.3, 0.4) is 0 Å². The SMILES string of the molecule is CC(C)(c1ccc(F)cc1)c1nc(=S)c(Br)c(C2CC2)[nH]1. The number of hydrogen-bond acceptors (Lipinski definition) is 2. The van der Waals surface area contributed by atoms with Crippen LogP contribution in [0.15, 0.2) is 28.7 Å². The third-order valence-corrected chi connectivity index (χ3v) is 5.39. The van der Waals surface area contributed by atoms with E-state index in [2.05, 4.69) is 39.7 Å². The van der Waals surface area contributed by atoms with Crippen LogP contribution < -0.4 is 0 Å². The van der Waals surface area contributed by atoms with Gasteiger partial charge in [0.15, 0.2) is 0 Å². The molecule has 0 unspecified atom stereocenters. The zero-order valence-electron chi connectivity index (χ0n) is 11.9. The molecule has 0 spiro atoms. The number of halogens is 2. The van der Waals surface area contributed by atoms with Gasteiger partial charge in [0.05, 0.1) is 4.47 Å². The topological polar surface area (TPSA) is 28.7 Å². The van der Waals surface area contributed by atoms with Gasteiger partial charge in [0.2, 0.25) is 0 Å². The molecule has 0 radical (unpaired) electrons. The van der Waals surface area contributed by atoms with Crippen LogP contribution in [0.2, 0.25) is 0 Å². The number of aromatic amines is 1. The second-order valence-electron chi connectivity index (χ2n) is 6.02. The molecule has 2 aromatic rings. The first-order valence-corrected chi connectivity index (χ1v) is 8.16. The Hall–Kier alpha value is -1.07. The van der Waals surface area contributed by atoms with Gasteiger partial charge in [-0.15, -0.1) is 0 Å². The van der Waals surface area contributed by atoms with Crippen LogP contribution in [0.5, 0.6) is 0 Å². The molecule has 1 aliphatic rings. The molecule has 110 valence electrons. The van der Waals surface area contributed by atoms with Gasteiger partial charge in [-0.05, 0) is 60.3 Å². The summed E-state index contributed by atoms with van der Waals surface area (Å²) in [7, 11) is 0. The Morgan fingerprint density at radius 1 is 1.29 bits per heavy atom. The van der Waals surface area contributed by atoms with Gasteiger partial charge in [-0.2, -0.15) is 0 Å². The molecule has 1 aromatic carbocycles. The first kappa shape index (κ1) is 14.9. The Balaban J connectivity index is 2.10. The van der Waals surface area contributed by atoms with Gasteiger partial charge >= 0.3 is 0 Å². The number of rotatable bonds is 3. The summed E-state index contributed by atoms with van der Waals surface area (Å²) in [6, 6.07) is 6.55. The Bertz CT molecular complexity index is 733. The smallest absolute Gasteiger partial charge is 0.144 e. The molecule has 3 rings (SSSR count). The van der Waals surface area contributed by atoms with Gasteiger partial charge in [0.1, 0.15) is 16.3 Å². The highest BCUT2D eigenvalue weighted by Crippen LogP contribution is 2.43. The number of aromatic nitrogens is 2. The monoisotopic (exact) mass is 366 g/mol. The van der Waals surface area contributed by atoms with Crippen molar-refractivity contribution in [2.24, 2.45) is 0 Å². The molecule has 0 aliphatic heterocycles. The fourth-order valence-corrected chi connectivity index (χ4v) is 3.14. The molecule has 1 heterocycles. The Kier molecular flexibility index (Phi) is 3.74. The lowest BCUT2D eigenvalue weighted by Crippen LogP contribution is -2.23. The van der Waals surface area contributed by atoms with Crippen molar-refractivity contribution in [2.75, 3.05) is 0 Å². The summed E-state index contributed by atoms with van der Waals surface area (Å²) in [5.74, 6) is 1.14. The Morgan fingerprint density at radius 2 is 1.90 bits per heavy atom. The second kappa shape index (κ2) is 5.29. The summed E-state index contributed by atoms with van der Waals surface area (Å²) in [4.78, 5) is 7.98. The normalized spacial score (nSPS) is 15.2. The van der Waals surface area contributed by atoms with E-state index < -0.39 is 0 Å². The van der Waals surface area contributed by atoms with Crippen LogP contribution in [0.4, 0.5) is 4.39 Å². The lowest BCUT2D eigenvalue weighted by Gasteiger charge is -2.25. The van der Waals surface area contributed by atoms with E-state index >= 15 is 0 Å². The Morgan fingerprint density at radius 3 is 2.48 bits per heavy atom. The van der Waals surface area contributed by atoms with Gasteiger partial charge < -0.3 is 4.98 Å². The molecule has 2 nitrogen and oxygen atoms in total. The molecule has 5 heteroatoms. The van der Waals surface area contributed by atoms with Crippen molar-refractivity contribution in [3.63, 3.8) is 0 Å². The average Bonchev–Trinajstić information content (AvgIpc) is 3.26. The first-order chi connectivity index (χ1) is 9.89. The van der Waals surface area contributed by atoms with Crippen LogP contribution >= 0.6 is 28.1 Å². The van der Waals surface area contributed by atoms with Crippen molar-refractivity contribution in [3.8, 4) is 0 Å². The highest BCUT2D eigenvalue weighted by Gasteiger charge is 2.31. The van der Waals surface area contributed by atoms with Gasteiger partial charge in [0.25, 0.3) is 0 Å².